The average Bonchev–Trinajstić information content (AvgIpc) is 2.49. The van der Waals surface area contributed by atoms with Crippen LogP contribution in [0.2, 0.25) is 0 Å². The minimum absolute atomic E-state index is 0.0270. The fourth-order valence-corrected chi connectivity index (χ4v) is 3.18. The van der Waals surface area contributed by atoms with Gasteiger partial charge < -0.3 is 10.5 Å². The second kappa shape index (κ2) is 6.78. The van der Waals surface area contributed by atoms with Gasteiger partial charge in [0.05, 0.1) is 22.8 Å². The monoisotopic (exact) mass is 311 g/mol. The molecule has 0 radical (unpaired) electrons. The minimum atomic E-state index is -1.74. The Morgan fingerprint density at radius 2 is 1.95 bits per heavy atom. The Morgan fingerprint density at radius 1 is 1.24 bits per heavy atom. The van der Waals surface area contributed by atoms with Crippen LogP contribution in [-0.2, 0) is 10.8 Å². The van der Waals surface area contributed by atoms with E-state index in [1.807, 2.05) is 0 Å². The Hall–Kier alpha value is -1.79. The van der Waals surface area contributed by atoms with E-state index in [4.69, 9.17) is 10.5 Å². The van der Waals surface area contributed by atoms with Gasteiger partial charge in [-0.05, 0) is 24.3 Å². The van der Waals surface area contributed by atoms with Crippen molar-refractivity contribution >= 4 is 10.8 Å². The lowest BCUT2D eigenvalue weighted by Gasteiger charge is -2.15. The molecule has 0 amide bonds. The lowest BCUT2D eigenvalue weighted by atomic mass is 10.1. The third-order valence-electron chi connectivity index (χ3n) is 3.01. The summed E-state index contributed by atoms with van der Waals surface area (Å²) < 4.78 is 44.1. The highest BCUT2D eigenvalue weighted by Crippen LogP contribution is 2.25. The van der Waals surface area contributed by atoms with Gasteiger partial charge in [0.25, 0.3) is 0 Å². The average molecular weight is 311 g/mol. The molecule has 0 saturated carbocycles. The fourth-order valence-electron chi connectivity index (χ4n) is 1.97. The fraction of sp³-hybridized carbons (Fsp3) is 0.200. The molecule has 0 heterocycles. The first-order chi connectivity index (χ1) is 10.0. The predicted octanol–water partition coefficient (Wildman–Crippen LogP) is 2.78. The molecular weight excluding hydrogens is 296 g/mol. The van der Waals surface area contributed by atoms with Crippen molar-refractivity contribution < 1.29 is 17.7 Å². The maximum Gasteiger partial charge on any atom is 0.139 e. The van der Waals surface area contributed by atoms with E-state index >= 15 is 0 Å². The number of nitrogens with two attached hydrogens (primary N) is 1. The number of methoxy groups -OCH3 is 1. The lowest BCUT2D eigenvalue weighted by molar-refractivity contribution is 0.407. The van der Waals surface area contributed by atoms with Crippen LogP contribution in [0.4, 0.5) is 8.78 Å². The third-order valence-corrected chi connectivity index (χ3v) is 4.47. The van der Waals surface area contributed by atoms with E-state index in [-0.39, 0.29) is 10.6 Å². The third kappa shape index (κ3) is 3.65. The van der Waals surface area contributed by atoms with E-state index in [0.717, 1.165) is 18.2 Å². The van der Waals surface area contributed by atoms with Gasteiger partial charge in [0.15, 0.2) is 0 Å². The first kappa shape index (κ1) is 15.6. The Labute approximate surface area is 124 Å². The van der Waals surface area contributed by atoms with E-state index in [0.29, 0.717) is 11.3 Å². The first-order valence-electron chi connectivity index (χ1n) is 6.25. The van der Waals surface area contributed by atoms with E-state index in [2.05, 4.69) is 0 Å². The van der Waals surface area contributed by atoms with Crippen LogP contribution in [0.5, 0.6) is 5.75 Å². The van der Waals surface area contributed by atoms with Crippen LogP contribution in [-0.4, -0.2) is 17.1 Å². The Kier molecular flexibility index (Phi) is 5.03. The standard InChI is InChI=1S/C15H15F2NO2S/c1-20-14-5-3-2-4-11(14)13(18)9-21(19)15-8-10(16)6-7-12(15)17/h2-8,13H,9,18H2,1H3. The highest BCUT2D eigenvalue weighted by Gasteiger charge is 2.18. The molecule has 0 bridgehead atoms. The van der Waals surface area contributed by atoms with Crippen molar-refractivity contribution in [2.75, 3.05) is 12.9 Å². The molecule has 112 valence electrons. The molecule has 0 spiro atoms. The summed E-state index contributed by atoms with van der Waals surface area (Å²) in [4.78, 5) is -0.180. The summed E-state index contributed by atoms with van der Waals surface area (Å²) in [6.45, 7) is 0. The largest absolute Gasteiger partial charge is 0.496 e. The van der Waals surface area contributed by atoms with Gasteiger partial charge in [0, 0.05) is 17.4 Å². The molecule has 0 aliphatic carbocycles. The normalized spacial score (nSPS) is 13.7. The zero-order valence-corrected chi connectivity index (χ0v) is 12.2. The molecule has 0 aliphatic rings. The molecule has 2 atom stereocenters. The summed E-state index contributed by atoms with van der Waals surface area (Å²) in [7, 11) is -0.233. The highest BCUT2D eigenvalue weighted by molar-refractivity contribution is 7.85. The van der Waals surface area contributed by atoms with Gasteiger partial charge in [-0.1, -0.05) is 18.2 Å². The number of rotatable bonds is 5. The van der Waals surface area contributed by atoms with Gasteiger partial charge in [-0.2, -0.15) is 0 Å². The number of ether oxygens (including phenoxy) is 1. The first-order valence-corrected chi connectivity index (χ1v) is 7.56. The molecule has 0 aliphatic heterocycles. The maximum atomic E-state index is 13.6. The van der Waals surface area contributed by atoms with Gasteiger partial charge >= 0.3 is 0 Å². The molecule has 2 rings (SSSR count). The predicted molar refractivity (Wildman–Crippen MR) is 77.6 cm³/mol. The van der Waals surface area contributed by atoms with E-state index in [9.17, 15) is 13.0 Å². The Morgan fingerprint density at radius 3 is 2.67 bits per heavy atom. The van der Waals surface area contributed by atoms with Crippen LogP contribution >= 0.6 is 0 Å². The summed E-state index contributed by atoms with van der Waals surface area (Å²) in [6, 6.07) is 9.32. The molecule has 0 fully saturated rings. The molecular formula is C15H15F2NO2S. The second-order valence-electron chi connectivity index (χ2n) is 4.44. The smallest absolute Gasteiger partial charge is 0.139 e. The van der Waals surface area contributed by atoms with Crippen LogP contribution in [0.25, 0.3) is 0 Å². The number of hydrogen-bond donors (Lipinski definition) is 1. The van der Waals surface area contributed by atoms with Crippen LogP contribution in [0.1, 0.15) is 11.6 Å². The number of benzene rings is 2. The molecule has 2 aromatic rings. The molecule has 2 N–H and O–H groups in total. The quantitative estimate of drug-likeness (QED) is 0.924. The highest BCUT2D eigenvalue weighted by atomic mass is 32.2. The van der Waals surface area contributed by atoms with Crippen LogP contribution in [0.15, 0.2) is 47.4 Å². The molecule has 6 heteroatoms. The minimum Gasteiger partial charge on any atom is -0.496 e. The summed E-state index contributed by atoms with van der Waals surface area (Å²) in [5.74, 6) is -0.796. The summed E-state index contributed by atoms with van der Waals surface area (Å²) in [5.41, 5.74) is 6.68. The lowest BCUT2D eigenvalue weighted by Crippen LogP contribution is -2.19. The van der Waals surface area contributed by atoms with Crippen LogP contribution in [0, 0.1) is 11.6 Å². The molecule has 0 saturated heterocycles. The zero-order valence-electron chi connectivity index (χ0n) is 11.4. The molecule has 2 aromatic carbocycles. The Bertz CT molecular complexity index is 664. The van der Waals surface area contributed by atoms with Crippen LogP contribution in [0.3, 0.4) is 0 Å². The van der Waals surface area contributed by atoms with Crippen molar-refractivity contribution in [1.82, 2.24) is 0 Å². The number of para-hydroxylation sites is 1. The van der Waals surface area contributed by atoms with E-state index < -0.39 is 28.5 Å². The Balaban J connectivity index is 2.21. The van der Waals surface area contributed by atoms with Crippen LogP contribution < -0.4 is 10.5 Å². The second-order valence-corrected chi connectivity index (χ2v) is 5.90. The number of hydrogen-bond acceptors (Lipinski definition) is 3. The number of halogens is 2. The van der Waals surface area contributed by atoms with E-state index in [1.54, 1.807) is 24.3 Å². The van der Waals surface area contributed by atoms with Crippen molar-refractivity contribution in [3.05, 3.63) is 59.7 Å². The summed E-state index contributed by atoms with van der Waals surface area (Å²) in [5, 5.41) is 0. The molecule has 2 unspecified atom stereocenters. The van der Waals surface area contributed by atoms with Gasteiger partial charge in [-0.25, -0.2) is 8.78 Å². The van der Waals surface area contributed by atoms with Crippen molar-refractivity contribution in [1.29, 1.82) is 0 Å². The van der Waals surface area contributed by atoms with E-state index in [1.165, 1.54) is 7.11 Å². The van der Waals surface area contributed by atoms with Gasteiger partial charge in [0.2, 0.25) is 0 Å². The van der Waals surface area contributed by atoms with Gasteiger partial charge in [0.1, 0.15) is 17.4 Å². The van der Waals surface area contributed by atoms with Crippen molar-refractivity contribution in [2.45, 2.75) is 10.9 Å². The topological polar surface area (TPSA) is 52.3 Å². The SMILES string of the molecule is COc1ccccc1C(N)CS(=O)c1cc(F)ccc1F. The zero-order chi connectivity index (χ0) is 15.4. The molecule has 3 nitrogen and oxygen atoms in total. The van der Waals surface area contributed by atoms with Crippen molar-refractivity contribution in [3.63, 3.8) is 0 Å². The van der Waals surface area contributed by atoms with Crippen molar-refractivity contribution in [2.24, 2.45) is 5.73 Å². The molecule has 21 heavy (non-hydrogen) atoms. The van der Waals surface area contributed by atoms with Gasteiger partial charge in [-0.3, -0.25) is 4.21 Å². The summed E-state index contributed by atoms with van der Waals surface area (Å²) in [6.07, 6.45) is 0. The van der Waals surface area contributed by atoms with Crippen molar-refractivity contribution in [3.8, 4) is 5.75 Å². The summed E-state index contributed by atoms with van der Waals surface area (Å²) >= 11 is 0. The molecule has 0 aromatic heterocycles. The maximum absolute atomic E-state index is 13.6. The van der Waals surface area contributed by atoms with Gasteiger partial charge in [-0.15, -0.1) is 0 Å².